The molecule has 1 aromatic carbocycles. The average Bonchev–Trinajstić information content (AvgIpc) is 3.32. The summed E-state index contributed by atoms with van der Waals surface area (Å²) in [6, 6.07) is 11.2. The van der Waals surface area contributed by atoms with Gasteiger partial charge in [0.05, 0.1) is 10.3 Å². The number of piperazine rings is 1. The van der Waals surface area contributed by atoms with Gasteiger partial charge < -0.3 is 19.0 Å². The van der Waals surface area contributed by atoms with Gasteiger partial charge in [0, 0.05) is 32.2 Å². The van der Waals surface area contributed by atoms with Crippen LogP contribution in [0.1, 0.15) is 20.2 Å². The second-order valence-corrected chi connectivity index (χ2v) is 7.65. The molecule has 0 unspecified atom stereocenters. The fourth-order valence-corrected chi connectivity index (χ4v) is 3.90. The molecule has 2 amide bonds. The lowest BCUT2D eigenvalue weighted by atomic mass is 10.2. The maximum atomic E-state index is 12.4. The van der Waals surface area contributed by atoms with E-state index >= 15 is 0 Å². The van der Waals surface area contributed by atoms with Crippen LogP contribution in [0.5, 0.6) is 0 Å². The van der Waals surface area contributed by atoms with Crippen LogP contribution in [-0.4, -0.2) is 60.4 Å². The van der Waals surface area contributed by atoms with Crippen molar-refractivity contribution < 1.29 is 23.5 Å². The number of amides is 2. The van der Waals surface area contributed by atoms with Crippen LogP contribution in [0.4, 0.5) is 0 Å². The zero-order valence-electron chi connectivity index (χ0n) is 15.9. The van der Waals surface area contributed by atoms with Crippen molar-refractivity contribution in [3.05, 3.63) is 68.7 Å². The maximum Gasteiger partial charge on any atom is 0.374 e. The van der Waals surface area contributed by atoms with Gasteiger partial charge in [-0.15, -0.1) is 11.3 Å². The first-order valence-electron chi connectivity index (χ1n) is 9.33. The standard InChI is InChI=1S/C21H18N2O6S/c24-15-12-17(29-16-5-2-1-4-14(15)16)21(27)28-13-19(25)22-7-9-23(10-8-22)20(26)18-6-3-11-30-18/h1-6,11-12H,7-10,13H2. The van der Waals surface area contributed by atoms with E-state index in [2.05, 4.69) is 0 Å². The molecule has 0 radical (unpaired) electrons. The Hall–Kier alpha value is -3.46. The number of ether oxygens (including phenoxy) is 1. The quantitative estimate of drug-likeness (QED) is 0.592. The van der Waals surface area contributed by atoms with Crippen LogP contribution in [0.2, 0.25) is 0 Å². The lowest BCUT2D eigenvalue weighted by Crippen LogP contribution is -2.51. The third-order valence-corrected chi connectivity index (χ3v) is 5.67. The molecule has 30 heavy (non-hydrogen) atoms. The number of thiophene rings is 1. The van der Waals surface area contributed by atoms with Gasteiger partial charge in [-0.2, -0.15) is 0 Å². The fourth-order valence-electron chi connectivity index (χ4n) is 3.21. The molecule has 154 valence electrons. The molecule has 0 atom stereocenters. The van der Waals surface area contributed by atoms with Gasteiger partial charge in [0.2, 0.25) is 5.76 Å². The molecule has 0 N–H and O–H groups in total. The van der Waals surface area contributed by atoms with E-state index < -0.39 is 12.6 Å². The number of para-hydroxylation sites is 1. The summed E-state index contributed by atoms with van der Waals surface area (Å²) in [5.74, 6) is -1.54. The molecule has 0 spiro atoms. The summed E-state index contributed by atoms with van der Waals surface area (Å²) in [4.78, 5) is 53.0. The van der Waals surface area contributed by atoms with E-state index in [4.69, 9.17) is 9.15 Å². The van der Waals surface area contributed by atoms with E-state index in [1.54, 1.807) is 40.1 Å². The highest BCUT2D eigenvalue weighted by Crippen LogP contribution is 2.15. The molecular weight excluding hydrogens is 408 g/mol. The average molecular weight is 426 g/mol. The predicted octanol–water partition coefficient (Wildman–Crippen LogP) is 2.00. The van der Waals surface area contributed by atoms with Crippen LogP contribution in [-0.2, 0) is 9.53 Å². The van der Waals surface area contributed by atoms with Crippen molar-refractivity contribution in [3.8, 4) is 0 Å². The molecule has 1 aliphatic heterocycles. The van der Waals surface area contributed by atoms with Crippen LogP contribution in [0, 0.1) is 0 Å². The first-order chi connectivity index (χ1) is 14.5. The molecule has 0 aliphatic carbocycles. The maximum absolute atomic E-state index is 12.4. The Labute approximate surface area is 175 Å². The Bertz CT molecular complexity index is 1150. The molecule has 2 aromatic heterocycles. The summed E-state index contributed by atoms with van der Waals surface area (Å²) in [6.07, 6.45) is 0. The van der Waals surface area contributed by atoms with Gasteiger partial charge in [0.15, 0.2) is 12.0 Å². The molecule has 3 heterocycles. The summed E-state index contributed by atoms with van der Waals surface area (Å²) < 4.78 is 10.5. The Kier molecular flexibility index (Phi) is 5.62. The number of esters is 1. The van der Waals surface area contributed by atoms with Crippen molar-refractivity contribution in [2.75, 3.05) is 32.8 Å². The molecule has 0 bridgehead atoms. The lowest BCUT2D eigenvalue weighted by molar-refractivity contribution is -0.136. The molecular formula is C21H18N2O6S. The number of hydrogen-bond donors (Lipinski definition) is 0. The van der Waals surface area contributed by atoms with E-state index in [9.17, 15) is 19.2 Å². The van der Waals surface area contributed by atoms with E-state index in [-0.39, 0.29) is 28.6 Å². The highest BCUT2D eigenvalue weighted by atomic mass is 32.1. The van der Waals surface area contributed by atoms with Crippen molar-refractivity contribution in [2.24, 2.45) is 0 Å². The molecule has 4 rings (SSSR count). The van der Waals surface area contributed by atoms with E-state index in [1.807, 2.05) is 11.4 Å². The Morgan fingerprint density at radius 3 is 2.47 bits per heavy atom. The van der Waals surface area contributed by atoms with Crippen LogP contribution >= 0.6 is 11.3 Å². The summed E-state index contributed by atoms with van der Waals surface area (Å²) in [6.45, 7) is 1.08. The molecule has 1 fully saturated rings. The highest BCUT2D eigenvalue weighted by molar-refractivity contribution is 7.12. The summed E-state index contributed by atoms with van der Waals surface area (Å²) in [5.41, 5.74) is -0.0866. The van der Waals surface area contributed by atoms with Gasteiger partial charge in [0.1, 0.15) is 5.58 Å². The summed E-state index contributed by atoms with van der Waals surface area (Å²) in [7, 11) is 0. The monoisotopic (exact) mass is 426 g/mol. The molecule has 3 aromatic rings. The van der Waals surface area contributed by atoms with Gasteiger partial charge in [-0.1, -0.05) is 18.2 Å². The number of rotatable bonds is 4. The Balaban J connectivity index is 1.31. The topological polar surface area (TPSA) is 97.1 Å². The third kappa shape index (κ3) is 4.11. The van der Waals surface area contributed by atoms with Gasteiger partial charge in [-0.25, -0.2) is 4.79 Å². The number of benzene rings is 1. The smallest absolute Gasteiger partial charge is 0.374 e. The van der Waals surface area contributed by atoms with E-state index in [0.29, 0.717) is 36.4 Å². The van der Waals surface area contributed by atoms with E-state index in [1.165, 1.54) is 11.3 Å². The van der Waals surface area contributed by atoms with Crippen molar-refractivity contribution in [1.29, 1.82) is 0 Å². The van der Waals surface area contributed by atoms with Gasteiger partial charge in [0.25, 0.3) is 11.8 Å². The minimum Gasteiger partial charge on any atom is -0.450 e. The summed E-state index contributed by atoms with van der Waals surface area (Å²) >= 11 is 1.38. The molecule has 9 heteroatoms. The van der Waals surface area contributed by atoms with Crippen molar-refractivity contribution >= 4 is 40.1 Å². The minimum atomic E-state index is -0.877. The van der Waals surface area contributed by atoms with Crippen LogP contribution < -0.4 is 5.43 Å². The number of nitrogens with zero attached hydrogens (tertiary/aromatic N) is 2. The fraction of sp³-hybridized carbons (Fsp3) is 0.238. The Morgan fingerprint density at radius 1 is 1.00 bits per heavy atom. The highest BCUT2D eigenvalue weighted by Gasteiger charge is 2.26. The van der Waals surface area contributed by atoms with Gasteiger partial charge in [-0.05, 0) is 23.6 Å². The van der Waals surface area contributed by atoms with Crippen molar-refractivity contribution in [1.82, 2.24) is 9.80 Å². The largest absolute Gasteiger partial charge is 0.450 e. The molecule has 1 aliphatic rings. The molecule has 8 nitrogen and oxygen atoms in total. The third-order valence-electron chi connectivity index (χ3n) is 4.81. The first-order valence-corrected chi connectivity index (χ1v) is 10.2. The van der Waals surface area contributed by atoms with Gasteiger partial charge in [-0.3, -0.25) is 14.4 Å². The summed E-state index contributed by atoms with van der Waals surface area (Å²) in [5, 5.41) is 2.21. The van der Waals surface area contributed by atoms with Crippen LogP contribution in [0.15, 0.2) is 57.1 Å². The second-order valence-electron chi connectivity index (χ2n) is 6.70. The van der Waals surface area contributed by atoms with Crippen LogP contribution in [0.3, 0.4) is 0 Å². The zero-order chi connectivity index (χ0) is 21.1. The number of hydrogen-bond acceptors (Lipinski definition) is 7. The lowest BCUT2D eigenvalue weighted by Gasteiger charge is -2.34. The number of carbonyl (C=O) groups excluding carboxylic acids is 3. The second kappa shape index (κ2) is 8.50. The SMILES string of the molecule is O=C(OCC(=O)N1CCN(C(=O)c2cccs2)CC1)c1cc(=O)c2ccccc2o1. The Morgan fingerprint density at radius 2 is 1.73 bits per heavy atom. The van der Waals surface area contributed by atoms with E-state index in [0.717, 1.165) is 6.07 Å². The minimum absolute atomic E-state index is 0.0464. The zero-order valence-corrected chi connectivity index (χ0v) is 16.7. The van der Waals surface area contributed by atoms with Crippen molar-refractivity contribution in [2.45, 2.75) is 0 Å². The first kappa shape index (κ1) is 19.8. The van der Waals surface area contributed by atoms with Gasteiger partial charge >= 0.3 is 5.97 Å². The predicted molar refractivity (Wildman–Crippen MR) is 110 cm³/mol. The normalized spacial score (nSPS) is 14.0. The number of carbonyl (C=O) groups is 3. The molecule has 1 saturated heterocycles. The van der Waals surface area contributed by atoms with Crippen molar-refractivity contribution in [3.63, 3.8) is 0 Å². The van der Waals surface area contributed by atoms with Crippen LogP contribution in [0.25, 0.3) is 11.0 Å². The number of fused-ring (bicyclic) bond motifs is 1. The molecule has 0 saturated carbocycles.